The van der Waals surface area contributed by atoms with Crippen molar-refractivity contribution in [2.45, 2.75) is 38.6 Å². The molecule has 6 nitrogen and oxygen atoms in total. The van der Waals surface area contributed by atoms with Gasteiger partial charge in [0.05, 0.1) is 24.1 Å². The lowest BCUT2D eigenvalue weighted by Gasteiger charge is -2.48. The third-order valence-corrected chi connectivity index (χ3v) is 5.48. The first kappa shape index (κ1) is 17.9. The van der Waals surface area contributed by atoms with Crippen molar-refractivity contribution < 1.29 is 13.9 Å². The molecule has 0 radical (unpaired) electrons. The zero-order valence-electron chi connectivity index (χ0n) is 14.4. The fraction of sp³-hybridized carbons (Fsp3) is 0.474. The van der Waals surface area contributed by atoms with Crippen LogP contribution in [0.15, 0.2) is 24.3 Å². The molecule has 2 fully saturated rings. The molecule has 1 aromatic rings. The van der Waals surface area contributed by atoms with Gasteiger partial charge in [-0.3, -0.25) is 5.41 Å². The van der Waals surface area contributed by atoms with E-state index in [0.717, 1.165) is 0 Å². The molecule has 2 aliphatic heterocycles. The average Bonchev–Trinajstić information content (AvgIpc) is 2.79. The Hall–Kier alpha value is -2.95. The number of nitrogens with zero attached hydrogens (tertiary/aromatic N) is 3. The van der Waals surface area contributed by atoms with Crippen molar-refractivity contribution in [3.63, 3.8) is 0 Å². The highest BCUT2D eigenvalue weighted by Crippen LogP contribution is 2.67. The quantitative estimate of drug-likeness (QED) is 0.893. The molecule has 3 rings (SSSR count). The van der Waals surface area contributed by atoms with Gasteiger partial charge in [-0.05, 0) is 12.5 Å². The second-order valence-corrected chi connectivity index (χ2v) is 6.76. The second kappa shape index (κ2) is 5.80. The molecule has 0 spiro atoms. The van der Waals surface area contributed by atoms with E-state index < -0.39 is 40.4 Å². The van der Waals surface area contributed by atoms with Crippen molar-refractivity contribution in [1.29, 1.82) is 21.2 Å². The van der Waals surface area contributed by atoms with Crippen molar-refractivity contribution >= 4 is 5.90 Å². The number of rotatable bonds is 3. The number of halogens is 1. The van der Waals surface area contributed by atoms with E-state index in [2.05, 4.69) is 0 Å². The summed E-state index contributed by atoms with van der Waals surface area (Å²) in [5, 5.41) is 38.3. The van der Waals surface area contributed by atoms with E-state index in [1.54, 1.807) is 13.0 Å². The number of hydrogen-bond donors (Lipinski definition) is 1. The lowest BCUT2D eigenvalue weighted by atomic mass is 9.53. The fourth-order valence-corrected chi connectivity index (χ4v) is 4.28. The fourth-order valence-electron chi connectivity index (χ4n) is 4.28. The van der Waals surface area contributed by atoms with Crippen molar-refractivity contribution in [2.75, 3.05) is 0 Å². The van der Waals surface area contributed by atoms with Crippen LogP contribution >= 0.6 is 0 Å². The number of hydrogen-bond acceptors (Lipinski definition) is 6. The number of ether oxygens (including phenoxy) is 2. The van der Waals surface area contributed by atoms with Crippen LogP contribution in [-0.2, 0) is 9.47 Å². The molecule has 4 unspecified atom stereocenters. The van der Waals surface area contributed by atoms with Gasteiger partial charge in [0, 0.05) is 12.5 Å². The molecule has 2 heterocycles. The molecule has 4 atom stereocenters. The van der Waals surface area contributed by atoms with Crippen LogP contribution in [0.4, 0.5) is 4.39 Å². The molecule has 0 aromatic heterocycles. The van der Waals surface area contributed by atoms with Crippen molar-refractivity contribution in [3.8, 4) is 18.2 Å². The van der Waals surface area contributed by atoms with Crippen LogP contribution in [-0.4, -0.2) is 11.7 Å². The molecule has 26 heavy (non-hydrogen) atoms. The van der Waals surface area contributed by atoms with E-state index in [4.69, 9.17) is 14.9 Å². The van der Waals surface area contributed by atoms with Gasteiger partial charge in [-0.2, -0.15) is 15.8 Å². The molecule has 2 saturated heterocycles. The van der Waals surface area contributed by atoms with E-state index in [-0.39, 0.29) is 5.56 Å². The standard InChI is InChI=1S/C19H17FN4O2/c1-3-6-14-17(2)25-15(12-7-4-5-8-13(12)20)18(9-21,10-22)19(14,11-23)16(24)26-17/h4-5,7-8,14-15,24H,3,6H2,1-2H3. The molecule has 2 bridgehead atoms. The van der Waals surface area contributed by atoms with Gasteiger partial charge < -0.3 is 9.47 Å². The SMILES string of the molecule is CCCC1C2(C)OC(=N)C1(C#N)C(C#N)(C#N)C(c1ccccc1F)O2. The van der Waals surface area contributed by atoms with Gasteiger partial charge in [-0.15, -0.1) is 0 Å². The first-order valence-electron chi connectivity index (χ1n) is 8.31. The lowest BCUT2D eigenvalue weighted by Crippen LogP contribution is -2.58. The molecular formula is C19H17FN4O2. The Labute approximate surface area is 150 Å². The van der Waals surface area contributed by atoms with E-state index >= 15 is 0 Å². The van der Waals surface area contributed by atoms with E-state index in [9.17, 15) is 20.2 Å². The van der Waals surface area contributed by atoms with E-state index in [1.807, 2.05) is 25.1 Å². The molecule has 7 heteroatoms. The summed E-state index contributed by atoms with van der Waals surface area (Å²) < 4.78 is 26.1. The number of benzene rings is 1. The summed E-state index contributed by atoms with van der Waals surface area (Å²) in [5.74, 6) is -3.21. The number of fused-ring (bicyclic) bond motifs is 2. The molecule has 132 valence electrons. The Morgan fingerprint density at radius 3 is 2.38 bits per heavy atom. The van der Waals surface area contributed by atoms with Gasteiger partial charge >= 0.3 is 0 Å². The van der Waals surface area contributed by atoms with Crippen molar-refractivity contribution in [2.24, 2.45) is 16.7 Å². The Balaban J connectivity index is 2.35. The Morgan fingerprint density at radius 1 is 1.19 bits per heavy atom. The highest BCUT2D eigenvalue weighted by atomic mass is 19.1. The zero-order valence-corrected chi connectivity index (χ0v) is 14.4. The van der Waals surface area contributed by atoms with Crippen LogP contribution in [0, 0.1) is 62.0 Å². The number of nitriles is 3. The summed E-state index contributed by atoms with van der Waals surface area (Å²) in [5.41, 5.74) is -3.96. The summed E-state index contributed by atoms with van der Waals surface area (Å²) in [6.45, 7) is 3.47. The minimum atomic E-state index is -2.11. The largest absolute Gasteiger partial charge is 0.448 e. The maximum Gasteiger partial charge on any atom is 0.214 e. The maximum atomic E-state index is 14.5. The van der Waals surface area contributed by atoms with Crippen LogP contribution in [0.2, 0.25) is 0 Å². The summed E-state index contributed by atoms with van der Waals surface area (Å²) in [6.07, 6.45) is -0.304. The average molecular weight is 352 g/mol. The van der Waals surface area contributed by atoms with Crippen LogP contribution in [0.1, 0.15) is 38.4 Å². The Bertz CT molecular complexity index is 882. The highest BCUT2D eigenvalue weighted by Gasteiger charge is 2.79. The third-order valence-electron chi connectivity index (χ3n) is 5.48. The lowest BCUT2D eigenvalue weighted by molar-refractivity contribution is -0.274. The predicted octanol–water partition coefficient (Wildman–Crippen LogP) is 3.58. The van der Waals surface area contributed by atoms with Crippen LogP contribution < -0.4 is 0 Å². The van der Waals surface area contributed by atoms with Gasteiger partial charge in [0.25, 0.3) is 0 Å². The topological polar surface area (TPSA) is 114 Å². The van der Waals surface area contributed by atoms with Crippen molar-refractivity contribution in [1.82, 2.24) is 0 Å². The summed E-state index contributed by atoms with van der Waals surface area (Å²) in [4.78, 5) is 0. The van der Waals surface area contributed by atoms with Crippen LogP contribution in [0.3, 0.4) is 0 Å². The first-order valence-corrected chi connectivity index (χ1v) is 8.31. The molecular weight excluding hydrogens is 335 g/mol. The molecule has 1 N–H and O–H groups in total. The zero-order chi connectivity index (χ0) is 19.2. The van der Waals surface area contributed by atoms with E-state index in [0.29, 0.717) is 12.8 Å². The molecule has 0 saturated carbocycles. The van der Waals surface area contributed by atoms with Crippen LogP contribution in [0.5, 0.6) is 0 Å². The normalized spacial score (nSPS) is 34.2. The van der Waals surface area contributed by atoms with Gasteiger partial charge in [-0.25, -0.2) is 4.39 Å². The van der Waals surface area contributed by atoms with Crippen LogP contribution in [0.25, 0.3) is 0 Å². The highest BCUT2D eigenvalue weighted by molar-refractivity contribution is 5.89. The van der Waals surface area contributed by atoms with Gasteiger partial charge in [0.15, 0.2) is 5.41 Å². The van der Waals surface area contributed by atoms with Crippen molar-refractivity contribution in [3.05, 3.63) is 35.6 Å². The summed E-state index contributed by atoms with van der Waals surface area (Å²) in [7, 11) is 0. The monoisotopic (exact) mass is 352 g/mol. The molecule has 0 amide bonds. The maximum absolute atomic E-state index is 14.5. The second-order valence-electron chi connectivity index (χ2n) is 6.76. The van der Waals surface area contributed by atoms with Gasteiger partial charge in [-0.1, -0.05) is 31.5 Å². The van der Waals surface area contributed by atoms with Gasteiger partial charge in [0.2, 0.25) is 17.1 Å². The Kier molecular flexibility index (Phi) is 3.98. The molecule has 1 aromatic carbocycles. The minimum Gasteiger partial charge on any atom is -0.448 e. The Morgan fingerprint density at radius 2 is 1.85 bits per heavy atom. The smallest absolute Gasteiger partial charge is 0.214 e. The first-order chi connectivity index (χ1) is 12.4. The number of nitrogens with one attached hydrogen (secondary N) is 1. The molecule has 2 aliphatic rings. The minimum absolute atomic E-state index is 0.00491. The molecule has 0 aliphatic carbocycles. The summed E-state index contributed by atoms with van der Waals surface area (Å²) in [6, 6.07) is 11.5. The summed E-state index contributed by atoms with van der Waals surface area (Å²) >= 11 is 0. The third kappa shape index (κ3) is 1.88. The predicted molar refractivity (Wildman–Crippen MR) is 87.5 cm³/mol. The van der Waals surface area contributed by atoms with Gasteiger partial charge in [0.1, 0.15) is 11.9 Å². The van der Waals surface area contributed by atoms with E-state index in [1.165, 1.54) is 18.2 Å².